The van der Waals surface area contributed by atoms with E-state index >= 15 is 0 Å². The molecule has 0 unspecified atom stereocenters. The summed E-state index contributed by atoms with van der Waals surface area (Å²) in [6.07, 6.45) is 3.24. The van der Waals surface area contributed by atoms with Gasteiger partial charge in [-0.1, -0.05) is 6.07 Å². The number of amides is 2. The van der Waals surface area contributed by atoms with Crippen LogP contribution in [0, 0.1) is 18.3 Å². The number of anilines is 1. The summed E-state index contributed by atoms with van der Waals surface area (Å²) in [6, 6.07) is 7.39. The predicted octanol–water partition coefficient (Wildman–Crippen LogP) is 1.31. The Morgan fingerprint density at radius 1 is 1.28 bits per heavy atom. The lowest BCUT2D eigenvalue weighted by Gasteiger charge is -2.34. The minimum Gasteiger partial charge on any atom is -0.322 e. The summed E-state index contributed by atoms with van der Waals surface area (Å²) in [7, 11) is 0. The number of carbonyl (C=O) groups is 1. The quantitative estimate of drug-likeness (QED) is 0.907. The van der Waals surface area contributed by atoms with Gasteiger partial charge < -0.3 is 10.2 Å². The molecule has 130 valence electrons. The minimum absolute atomic E-state index is 0.122. The number of hydrogen-bond acceptors (Lipinski definition) is 5. The van der Waals surface area contributed by atoms with Crippen LogP contribution in [0.25, 0.3) is 0 Å². The highest BCUT2D eigenvalue weighted by Crippen LogP contribution is 2.15. The fourth-order valence-corrected chi connectivity index (χ4v) is 2.79. The van der Waals surface area contributed by atoms with Crippen molar-refractivity contribution in [2.75, 3.05) is 38.0 Å². The molecule has 2 aromatic rings. The van der Waals surface area contributed by atoms with E-state index in [9.17, 15) is 4.79 Å². The number of nitrogens with one attached hydrogen (secondary N) is 1. The molecule has 0 aliphatic carbocycles. The summed E-state index contributed by atoms with van der Waals surface area (Å²) in [5.74, 6) is 0. The van der Waals surface area contributed by atoms with E-state index in [1.54, 1.807) is 17.3 Å². The van der Waals surface area contributed by atoms with Crippen LogP contribution in [0.5, 0.6) is 0 Å². The Labute approximate surface area is 146 Å². The summed E-state index contributed by atoms with van der Waals surface area (Å²) in [5, 5.41) is 16.1. The van der Waals surface area contributed by atoms with Gasteiger partial charge in [-0.15, -0.1) is 0 Å². The van der Waals surface area contributed by atoms with Crippen LogP contribution in [0.15, 0.2) is 30.9 Å². The highest BCUT2D eigenvalue weighted by molar-refractivity contribution is 5.89. The number of piperazine rings is 1. The first-order valence-corrected chi connectivity index (χ1v) is 8.27. The fourth-order valence-electron chi connectivity index (χ4n) is 2.79. The maximum absolute atomic E-state index is 12.4. The van der Waals surface area contributed by atoms with Crippen molar-refractivity contribution in [1.82, 2.24) is 24.6 Å². The van der Waals surface area contributed by atoms with Gasteiger partial charge in [-0.25, -0.2) is 9.78 Å². The standard InChI is InChI=1S/C17H21N7O/c1-14-2-3-16(10-15(14)11-18)21-17(25)23-7-4-22(5-8-23)6-9-24-13-19-12-20-24/h2-3,10,12-13H,4-9H2,1H3,(H,21,25). The molecule has 0 spiro atoms. The largest absolute Gasteiger partial charge is 0.322 e. The first kappa shape index (κ1) is 16.9. The molecule has 25 heavy (non-hydrogen) atoms. The SMILES string of the molecule is Cc1ccc(NC(=O)N2CCN(CCn3cncn3)CC2)cc1C#N. The predicted molar refractivity (Wildman–Crippen MR) is 92.9 cm³/mol. The Kier molecular flexibility index (Phi) is 5.26. The van der Waals surface area contributed by atoms with E-state index < -0.39 is 0 Å². The zero-order valence-corrected chi connectivity index (χ0v) is 14.2. The summed E-state index contributed by atoms with van der Waals surface area (Å²) in [6.45, 7) is 6.59. The Morgan fingerprint density at radius 3 is 2.76 bits per heavy atom. The van der Waals surface area contributed by atoms with E-state index in [-0.39, 0.29) is 6.03 Å². The summed E-state index contributed by atoms with van der Waals surface area (Å²) in [4.78, 5) is 20.4. The molecule has 1 N–H and O–H groups in total. The van der Waals surface area contributed by atoms with Gasteiger partial charge in [0.05, 0.1) is 18.2 Å². The van der Waals surface area contributed by atoms with Crippen molar-refractivity contribution in [1.29, 1.82) is 5.26 Å². The molecule has 0 radical (unpaired) electrons. The van der Waals surface area contributed by atoms with Gasteiger partial charge in [0.1, 0.15) is 12.7 Å². The van der Waals surface area contributed by atoms with Crippen LogP contribution < -0.4 is 5.32 Å². The first-order chi connectivity index (χ1) is 12.2. The molecular weight excluding hydrogens is 318 g/mol. The topological polar surface area (TPSA) is 90.1 Å². The average molecular weight is 339 g/mol. The van der Waals surface area contributed by atoms with Crippen molar-refractivity contribution in [3.05, 3.63) is 42.0 Å². The van der Waals surface area contributed by atoms with Crippen LogP contribution in [-0.2, 0) is 6.54 Å². The van der Waals surface area contributed by atoms with E-state index in [0.717, 1.165) is 31.7 Å². The van der Waals surface area contributed by atoms with Crippen molar-refractivity contribution in [2.45, 2.75) is 13.5 Å². The molecule has 1 aliphatic rings. The lowest BCUT2D eigenvalue weighted by atomic mass is 10.1. The van der Waals surface area contributed by atoms with Gasteiger partial charge in [0.15, 0.2) is 0 Å². The lowest BCUT2D eigenvalue weighted by molar-refractivity contribution is 0.143. The molecule has 2 amide bonds. The normalized spacial score (nSPS) is 15.0. The van der Waals surface area contributed by atoms with Crippen LogP contribution >= 0.6 is 0 Å². The van der Waals surface area contributed by atoms with Crippen molar-refractivity contribution in [3.63, 3.8) is 0 Å². The van der Waals surface area contributed by atoms with E-state index in [2.05, 4.69) is 26.4 Å². The second-order valence-corrected chi connectivity index (χ2v) is 6.06. The van der Waals surface area contributed by atoms with Crippen LogP contribution in [0.3, 0.4) is 0 Å². The van der Waals surface area contributed by atoms with Gasteiger partial charge in [-0.05, 0) is 24.6 Å². The number of aryl methyl sites for hydroxylation is 1. The third-order valence-corrected chi connectivity index (χ3v) is 4.38. The number of carbonyl (C=O) groups excluding carboxylic acids is 1. The third kappa shape index (κ3) is 4.33. The van der Waals surface area contributed by atoms with Crippen molar-refractivity contribution < 1.29 is 4.79 Å². The summed E-state index contributed by atoms with van der Waals surface area (Å²) < 4.78 is 1.81. The van der Waals surface area contributed by atoms with Crippen molar-refractivity contribution in [2.24, 2.45) is 0 Å². The molecule has 8 heteroatoms. The summed E-state index contributed by atoms with van der Waals surface area (Å²) >= 11 is 0. The van der Waals surface area contributed by atoms with Crippen LogP contribution in [0.2, 0.25) is 0 Å². The number of nitrogens with zero attached hydrogens (tertiary/aromatic N) is 6. The second kappa shape index (κ2) is 7.77. The molecule has 0 bridgehead atoms. The molecule has 2 heterocycles. The maximum Gasteiger partial charge on any atom is 0.321 e. The van der Waals surface area contributed by atoms with Gasteiger partial charge in [0, 0.05) is 38.4 Å². The van der Waals surface area contributed by atoms with Crippen molar-refractivity contribution in [3.8, 4) is 6.07 Å². The molecular formula is C17H21N7O. The minimum atomic E-state index is -0.122. The molecule has 1 aromatic heterocycles. The Balaban J connectivity index is 1.47. The second-order valence-electron chi connectivity index (χ2n) is 6.06. The highest BCUT2D eigenvalue weighted by Gasteiger charge is 2.21. The zero-order chi connectivity index (χ0) is 17.6. The number of nitriles is 1. The Bertz CT molecular complexity index is 758. The van der Waals surface area contributed by atoms with Crippen LogP contribution in [-0.4, -0.2) is 63.3 Å². The van der Waals surface area contributed by atoms with E-state index in [1.807, 2.05) is 23.7 Å². The third-order valence-electron chi connectivity index (χ3n) is 4.38. The maximum atomic E-state index is 12.4. The molecule has 8 nitrogen and oxygen atoms in total. The number of benzene rings is 1. The molecule has 1 saturated heterocycles. The van der Waals surface area contributed by atoms with Gasteiger partial charge in [-0.2, -0.15) is 10.4 Å². The van der Waals surface area contributed by atoms with Crippen LogP contribution in [0.1, 0.15) is 11.1 Å². The zero-order valence-electron chi connectivity index (χ0n) is 14.2. The van der Waals surface area contributed by atoms with Gasteiger partial charge in [0.25, 0.3) is 0 Å². The van der Waals surface area contributed by atoms with Gasteiger partial charge >= 0.3 is 6.03 Å². The molecule has 0 atom stereocenters. The summed E-state index contributed by atoms with van der Waals surface area (Å²) in [5.41, 5.74) is 2.14. The average Bonchev–Trinajstić information content (AvgIpc) is 3.15. The highest BCUT2D eigenvalue weighted by atomic mass is 16.2. The number of hydrogen-bond donors (Lipinski definition) is 1. The molecule has 1 fully saturated rings. The molecule has 1 aromatic carbocycles. The molecule has 0 saturated carbocycles. The number of urea groups is 1. The smallest absolute Gasteiger partial charge is 0.321 e. The van der Waals surface area contributed by atoms with Crippen molar-refractivity contribution >= 4 is 11.7 Å². The Hall–Kier alpha value is -2.92. The van der Waals surface area contributed by atoms with E-state index in [1.165, 1.54) is 6.33 Å². The number of aromatic nitrogens is 3. The monoisotopic (exact) mass is 339 g/mol. The first-order valence-electron chi connectivity index (χ1n) is 8.27. The Morgan fingerprint density at radius 2 is 2.08 bits per heavy atom. The molecule has 3 rings (SSSR count). The van der Waals surface area contributed by atoms with Gasteiger partial charge in [-0.3, -0.25) is 9.58 Å². The number of rotatable bonds is 4. The molecule has 1 aliphatic heterocycles. The van der Waals surface area contributed by atoms with E-state index in [0.29, 0.717) is 24.3 Å². The van der Waals surface area contributed by atoms with E-state index in [4.69, 9.17) is 5.26 Å². The van der Waals surface area contributed by atoms with Crippen LogP contribution in [0.4, 0.5) is 10.5 Å². The lowest BCUT2D eigenvalue weighted by Crippen LogP contribution is -2.50. The fraction of sp³-hybridized carbons (Fsp3) is 0.412. The van der Waals surface area contributed by atoms with Gasteiger partial charge in [0.2, 0.25) is 0 Å².